The van der Waals surface area contributed by atoms with E-state index in [9.17, 15) is 0 Å². The second kappa shape index (κ2) is 7.89. The highest BCUT2D eigenvalue weighted by atomic mass is 32.1. The van der Waals surface area contributed by atoms with Gasteiger partial charge < -0.3 is 15.6 Å². The molecule has 2 atom stereocenters. The number of aromatic nitrogens is 2. The lowest BCUT2D eigenvalue weighted by atomic mass is 10.0. The standard InChI is InChI=1S/C23H25N5S2/c1-3-15(24-9-1)17-11-14(12-26-17)19-5-7-21(29-19)22-8-6-20(30-22)18-13-27-23(28-18)16-4-2-10-25-16/h5-8,12-13,15-16,24-25H,1-4,9-11H2,(H,27,28)/t15-,16-/m0/s1. The van der Waals surface area contributed by atoms with Crippen molar-refractivity contribution in [2.24, 2.45) is 4.99 Å². The molecule has 3 aliphatic rings. The van der Waals surface area contributed by atoms with Crippen LogP contribution in [0.4, 0.5) is 0 Å². The lowest BCUT2D eigenvalue weighted by molar-refractivity contribution is 0.613. The molecule has 6 heterocycles. The van der Waals surface area contributed by atoms with Crippen LogP contribution < -0.4 is 10.6 Å². The third-order valence-corrected chi connectivity index (χ3v) is 8.72. The van der Waals surface area contributed by atoms with Crippen molar-refractivity contribution in [1.29, 1.82) is 0 Å². The number of nitrogens with zero attached hydrogens (tertiary/aromatic N) is 2. The van der Waals surface area contributed by atoms with E-state index in [0.29, 0.717) is 12.1 Å². The highest BCUT2D eigenvalue weighted by Crippen LogP contribution is 2.40. The molecule has 0 unspecified atom stereocenters. The second-order valence-electron chi connectivity index (χ2n) is 8.26. The third-order valence-electron chi connectivity index (χ3n) is 6.24. The normalized spacial score (nSPS) is 23.9. The van der Waals surface area contributed by atoms with E-state index < -0.39 is 0 Å². The first-order valence-electron chi connectivity index (χ1n) is 10.8. The zero-order chi connectivity index (χ0) is 19.9. The van der Waals surface area contributed by atoms with Crippen molar-refractivity contribution in [2.45, 2.75) is 44.2 Å². The van der Waals surface area contributed by atoms with Crippen LogP contribution in [0.2, 0.25) is 0 Å². The Hall–Kier alpha value is -2.06. The smallest absolute Gasteiger partial charge is 0.123 e. The van der Waals surface area contributed by atoms with Crippen LogP contribution in [-0.2, 0) is 0 Å². The number of nitrogens with one attached hydrogen (secondary N) is 3. The summed E-state index contributed by atoms with van der Waals surface area (Å²) in [4.78, 5) is 18.1. The highest BCUT2D eigenvalue weighted by molar-refractivity contribution is 7.24. The number of hydrogen-bond acceptors (Lipinski definition) is 6. The molecule has 0 aliphatic carbocycles. The summed E-state index contributed by atoms with van der Waals surface area (Å²) in [5.74, 6) is 1.07. The fourth-order valence-electron chi connectivity index (χ4n) is 4.59. The van der Waals surface area contributed by atoms with Crippen LogP contribution >= 0.6 is 22.7 Å². The van der Waals surface area contributed by atoms with Gasteiger partial charge >= 0.3 is 0 Å². The summed E-state index contributed by atoms with van der Waals surface area (Å²) in [6.07, 6.45) is 9.92. The van der Waals surface area contributed by atoms with Gasteiger partial charge in [0.15, 0.2) is 0 Å². The van der Waals surface area contributed by atoms with Crippen molar-refractivity contribution in [2.75, 3.05) is 13.1 Å². The predicted octanol–water partition coefficient (Wildman–Crippen LogP) is 5.23. The fourth-order valence-corrected chi connectivity index (χ4v) is 6.67. The molecule has 3 aromatic rings. The number of thiophene rings is 2. The number of aliphatic imine (C=N–C) groups is 1. The molecular weight excluding hydrogens is 410 g/mol. The summed E-state index contributed by atoms with van der Waals surface area (Å²) in [6, 6.07) is 9.81. The van der Waals surface area contributed by atoms with E-state index in [2.05, 4.69) is 51.1 Å². The molecule has 0 radical (unpaired) electrons. The second-order valence-corrected chi connectivity index (χ2v) is 10.4. The van der Waals surface area contributed by atoms with E-state index in [4.69, 9.17) is 4.99 Å². The van der Waals surface area contributed by atoms with Crippen molar-refractivity contribution < 1.29 is 0 Å². The molecule has 3 aliphatic heterocycles. The average Bonchev–Trinajstić information content (AvgIpc) is 3.62. The van der Waals surface area contributed by atoms with E-state index in [-0.39, 0.29) is 0 Å². The van der Waals surface area contributed by atoms with Gasteiger partial charge in [-0.3, -0.25) is 4.99 Å². The maximum Gasteiger partial charge on any atom is 0.123 e. The summed E-state index contributed by atoms with van der Waals surface area (Å²) < 4.78 is 0. The lowest BCUT2D eigenvalue weighted by Gasteiger charge is -2.10. The number of imidazole rings is 1. The average molecular weight is 436 g/mol. The van der Waals surface area contributed by atoms with Crippen LogP contribution in [0.25, 0.3) is 25.9 Å². The largest absolute Gasteiger partial charge is 0.340 e. The number of H-pyrrole nitrogens is 1. The molecule has 6 rings (SSSR count). The maximum absolute atomic E-state index is 4.72. The number of hydrogen-bond donors (Lipinski definition) is 3. The summed E-state index contributed by atoms with van der Waals surface area (Å²) in [7, 11) is 0. The van der Waals surface area contributed by atoms with Crippen LogP contribution in [0.15, 0.2) is 41.7 Å². The van der Waals surface area contributed by atoms with Gasteiger partial charge in [0.25, 0.3) is 0 Å². The van der Waals surface area contributed by atoms with Crippen LogP contribution in [0.1, 0.15) is 48.8 Å². The van der Waals surface area contributed by atoms with Crippen molar-refractivity contribution in [3.8, 4) is 20.3 Å². The predicted molar refractivity (Wildman–Crippen MR) is 126 cm³/mol. The Morgan fingerprint density at radius 1 is 0.833 bits per heavy atom. The van der Waals surface area contributed by atoms with Gasteiger partial charge in [-0.25, -0.2) is 4.98 Å². The molecular formula is C23H25N5S2. The van der Waals surface area contributed by atoms with Crippen molar-refractivity contribution in [3.05, 3.63) is 47.4 Å². The van der Waals surface area contributed by atoms with Gasteiger partial charge in [0, 0.05) is 39.0 Å². The van der Waals surface area contributed by atoms with Gasteiger partial charge in [-0.1, -0.05) is 0 Å². The minimum absolute atomic E-state index is 0.379. The molecule has 3 N–H and O–H groups in total. The molecule has 5 nitrogen and oxygen atoms in total. The number of allylic oxidation sites excluding steroid dienone is 1. The zero-order valence-electron chi connectivity index (χ0n) is 16.8. The SMILES string of the molecule is C1=C(c2ccc(-c3ccc(-c4cnc([C@@H]5CCCN5)[nH]4)s3)s2)CC([C@@H]2CCCN2)=N1. The first-order valence-corrected chi connectivity index (χ1v) is 12.4. The van der Waals surface area contributed by atoms with Crippen LogP contribution in [0.3, 0.4) is 0 Å². The maximum atomic E-state index is 4.72. The van der Waals surface area contributed by atoms with Crippen LogP contribution in [-0.4, -0.2) is 34.8 Å². The Morgan fingerprint density at radius 2 is 1.53 bits per heavy atom. The Bertz CT molecular complexity index is 1110. The third kappa shape index (κ3) is 3.50. The molecule has 0 bridgehead atoms. The quantitative estimate of drug-likeness (QED) is 0.514. The van der Waals surface area contributed by atoms with Crippen molar-refractivity contribution in [1.82, 2.24) is 20.6 Å². The van der Waals surface area contributed by atoms with Crippen molar-refractivity contribution >= 4 is 34.0 Å². The number of aromatic amines is 1. The van der Waals surface area contributed by atoms with Gasteiger partial charge in [-0.2, -0.15) is 0 Å². The molecule has 0 spiro atoms. The first kappa shape index (κ1) is 18.7. The molecule has 0 amide bonds. The van der Waals surface area contributed by atoms with Crippen molar-refractivity contribution in [3.63, 3.8) is 0 Å². The van der Waals surface area contributed by atoms with E-state index >= 15 is 0 Å². The van der Waals surface area contributed by atoms with E-state index in [1.807, 2.05) is 28.9 Å². The summed E-state index contributed by atoms with van der Waals surface area (Å²) in [5.41, 5.74) is 3.78. The molecule has 0 aromatic carbocycles. The highest BCUT2D eigenvalue weighted by Gasteiger charge is 2.24. The van der Waals surface area contributed by atoms with E-state index in [1.165, 1.54) is 56.5 Å². The number of rotatable bonds is 5. The molecule has 0 saturated carbocycles. The summed E-state index contributed by atoms with van der Waals surface area (Å²) >= 11 is 3.71. The lowest BCUT2D eigenvalue weighted by Crippen LogP contribution is -2.29. The molecule has 2 saturated heterocycles. The minimum atomic E-state index is 0.379. The Kier molecular flexibility index (Phi) is 4.91. The summed E-state index contributed by atoms with van der Waals surface area (Å²) in [5, 5.41) is 7.08. The molecule has 2 fully saturated rings. The Balaban J connectivity index is 1.16. The van der Waals surface area contributed by atoms with Gasteiger partial charge in [-0.15, -0.1) is 22.7 Å². The molecule has 30 heavy (non-hydrogen) atoms. The van der Waals surface area contributed by atoms with E-state index in [1.54, 1.807) is 0 Å². The van der Waals surface area contributed by atoms with Crippen LogP contribution in [0.5, 0.6) is 0 Å². The molecule has 7 heteroatoms. The van der Waals surface area contributed by atoms with Gasteiger partial charge in [0.2, 0.25) is 0 Å². The van der Waals surface area contributed by atoms with Gasteiger partial charge in [-0.05, 0) is 68.6 Å². The Morgan fingerprint density at radius 3 is 2.30 bits per heavy atom. The van der Waals surface area contributed by atoms with Gasteiger partial charge in [0.1, 0.15) is 5.82 Å². The topological polar surface area (TPSA) is 65.1 Å². The Labute approximate surface area is 184 Å². The fraction of sp³-hybridized carbons (Fsp3) is 0.391. The molecule has 154 valence electrons. The monoisotopic (exact) mass is 435 g/mol. The first-order chi connectivity index (χ1) is 14.8. The zero-order valence-corrected chi connectivity index (χ0v) is 18.4. The summed E-state index contributed by atoms with van der Waals surface area (Å²) in [6.45, 7) is 2.21. The van der Waals surface area contributed by atoms with E-state index in [0.717, 1.165) is 31.0 Å². The minimum Gasteiger partial charge on any atom is -0.340 e. The van der Waals surface area contributed by atoms with Crippen LogP contribution in [0, 0.1) is 0 Å². The molecule has 3 aromatic heterocycles. The van der Waals surface area contributed by atoms with Gasteiger partial charge in [0.05, 0.1) is 22.8 Å².